The molecule has 1 aliphatic rings. The van der Waals surface area contributed by atoms with Crippen LogP contribution in [-0.2, 0) is 12.1 Å². The number of pyridine rings is 1. The summed E-state index contributed by atoms with van der Waals surface area (Å²) in [4.78, 5) is 26.6. The molecule has 2 bridgehead atoms. The Morgan fingerprint density at radius 1 is 1.12 bits per heavy atom. The smallest absolute Gasteiger partial charge is 0.278 e. The van der Waals surface area contributed by atoms with Crippen LogP contribution in [0.3, 0.4) is 0 Å². The number of aliphatic hydroxyl groups is 1. The van der Waals surface area contributed by atoms with Gasteiger partial charge in [0.15, 0.2) is 11.5 Å². The topological polar surface area (TPSA) is 97.9 Å². The molecule has 1 atom stereocenters. The van der Waals surface area contributed by atoms with Crippen molar-refractivity contribution in [3.63, 3.8) is 0 Å². The molecule has 0 saturated heterocycles. The number of anilines is 2. The van der Waals surface area contributed by atoms with Gasteiger partial charge in [-0.2, -0.15) is 4.98 Å². The van der Waals surface area contributed by atoms with Gasteiger partial charge in [0.05, 0.1) is 12.2 Å². The molecule has 0 amide bonds. The molecule has 0 aliphatic carbocycles. The van der Waals surface area contributed by atoms with Crippen LogP contribution in [0.5, 0.6) is 0 Å². The van der Waals surface area contributed by atoms with Crippen molar-refractivity contribution >= 4 is 22.7 Å². The van der Waals surface area contributed by atoms with E-state index >= 15 is 0 Å². The lowest BCUT2D eigenvalue weighted by Gasteiger charge is -2.22. The molecule has 0 spiro atoms. The summed E-state index contributed by atoms with van der Waals surface area (Å²) in [6, 6.07) is 11.2. The lowest BCUT2D eigenvalue weighted by molar-refractivity contribution is 0.0443. The molecule has 0 radical (unpaired) electrons. The number of rotatable bonds is 2. The van der Waals surface area contributed by atoms with E-state index in [1.54, 1.807) is 46.6 Å². The van der Waals surface area contributed by atoms with Crippen LogP contribution in [0.2, 0.25) is 0 Å². The summed E-state index contributed by atoms with van der Waals surface area (Å²) in [6.45, 7) is 2.06. The number of nitrogens with one attached hydrogen (secondary N) is 1. The molecule has 1 aliphatic heterocycles. The fourth-order valence-corrected chi connectivity index (χ4v) is 3.77. The van der Waals surface area contributed by atoms with Crippen LogP contribution in [0.4, 0.5) is 16.0 Å². The predicted octanol–water partition coefficient (Wildman–Crippen LogP) is 3.42. The minimum atomic E-state index is -1.11. The number of halogens is 1. The Hall–Kier alpha value is -3.85. The summed E-state index contributed by atoms with van der Waals surface area (Å²) < 4.78 is 16.4. The van der Waals surface area contributed by atoms with E-state index in [0.29, 0.717) is 47.6 Å². The standard InChI is InChI=1S/C23H21FN6O2/c1-23(32)12-3-2-4-13-29-21(31)17-14-25-22(26-16-10-8-15(24)9-11-16)28-20(17)30(29)19-7-5-6-18(23)27-19/h2,4-11,14,32H,3,12-13H2,1H3,(H,25,26,28)/b4-2-. The van der Waals surface area contributed by atoms with Crippen LogP contribution in [0.25, 0.3) is 16.9 Å². The average Bonchev–Trinajstić information content (AvgIpc) is 3.05. The normalized spacial score (nSPS) is 19.2. The molecule has 1 unspecified atom stereocenters. The number of hydrogen-bond acceptors (Lipinski definition) is 6. The molecule has 4 heterocycles. The minimum Gasteiger partial charge on any atom is -0.384 e. The zero-order chi connectivity index (χ0) is 22.3. The van der Waals surface area contributed by atoms with Crippen molar-refractivity contribution in [1.82, 2.24) is 24.3 Å². The maximum absolute atomic E-state index is 13.2. The third-order valence-corrected chi connectivity index (χ3v) is 5.52. The van der Waals surface area contributed by atoms with E-state index in [9.17, 15) is 14.3 Å². The van der Waals surface area contributed by atoms with Gasteiger partial charge < -0.3 is 10.4 Å². The summed E-state index contributed by atoms with van der Waals surface area (Å²) in [6.07, 6.45) is 6.48. The number of nitrogens with zero attached hydrogens (tertiary/aromatic N) is 5. The summed E-state index contributed by atoms with van der Waals surface area (Å²) in [7, 11) is 0. The summed E-state index contributed by atoms with van der Waals surface area (Å²) in [5.41, 5.74) is 0.167. The highest BCUT2D eigenvalue weighted by molar-refractivity contribution is 5.77. The Kier molecular flexibility index (Phi) is 4.82. The molecule has 4 aromatic rings. The van der Waals surface area contributed by atoms with Gasteiger partial charge in [-0.1, -0.05) is 18.2 Å². The Labute approximate surface area is 182 Å². The van der Waals surface area contributed by atoms with Gasteiger partial charge in [0, 0.05) is 11.9 Å². The van der Waals surface area contributed by atoms with E-state index in [4.69, 9.17) is 0 Å². The molecule has 2 N–H and O–H groups in total. The van der Waals surface area contributed by atoms with Crippen LogP contribution < -0.4 is 10.9 Å². The lowest BCUT2D eigenvalue weighted by atomic mass is 9.95. The molecule has 1 aromatic carbocycles. The summed E-state index contributed by atoms with van der Waals surface area (Å²) >= 11 is 0. The van der Waals surface area contributed by atoms with Crippen molar-refractivity contribution in [2.45, 2.75) is 31.9 Å². The second kappa shape index (κ2) is 7.69. The van der Waals surface area contributed by atoms with Gasteiger partial charge in [0.1, 0.15) is 16.8 Å². The van der Waals surface area contributed by atoms with Gasteiger partial charge in [-0.3, -0.25) is 4.79 Å². The van der Waals surface area contributed by atoms with E-state index in [2.05, 4.69) is 20.3 Å². The minimum absolute atomic E-state index is 0.240. The molecule has 3 aromatic heterocycles. The van der Waals surface area contributed by atoms with Gasteiger partial charge in [0.2, 0.25) is 5.95 Å². The Bertz CT molecular complexity index is 1390. The Morgan fingerprint density at radius 3 is 2.75 bits per heavy atom. The third kappa shape index (κ3) is 3.56. The van der Waals surface area contributed by atoms with E-state index in [-0.39, 0.29) is 17.3 Å². The SMILES string of the molecule is CC1(O)CC/C=C\Cn2c(=O)c3cnc(Nc4ccc(F)cc4)nc3n2-c2cccc1n2. The first-order chi connectivity index (χ1) is 15.4. The zero-order valence-electron chi connectivity index (χ0n) is 17.4. The van der Waals surface area contributed by atoms with Crippen LogP contribution >= 0.6 is 0 Å². The second-order valence-corrected chi connectivity index (χ2v) is 7.93. The largest absolute Gasteiger partial charge is 0.384 e. The van der Waals surface area contributed by atoms with E-state index in [1.165, 1.54) is 18.3 Å². The first kappa shape index (κ1) is 20.1. The van der Waals surface area contributed by atoms with Crippen molar-refractivity contribution < 1.29 is 9.50 Å². The fourth-order valence-electron chi connectivity index (χ4n) is 3.77. The molecule has 0 fully saturated rings. The van der Waals surface area contributed by atoms with Crippen molar-refractivity contribution in [3.05, 3.63) is 82.7 Å². The van der Waals surface area contributed by atoms with Gasteiger partial charge in [0.25, 0.3) is 5.56 Å². The molecular formula is C23H21FN6O2. The second-order valence-electron chi connectivity index (χ2n) is 7.93. The fraction of sp³-hybridized carbons (Fsp3) is 0.217. The lowest BCUT2D eigenvalue weighted by Crippen LogP contribution is -2.24. The van der Waals surface area contributed by atoms with Gasteiger partial charge >= 0.3 is 0 Å². The third-order valence-electron chi connectivity index (χ3n) is 5.52. The first-order valence-electron chi connectivity index (χ1n) is 10.3. The van der Waals surface area contributed by atoms with E-state index in [0.717, 1.165) is 0 Å². The van der Waals surface area contributed by atoms with Crippen molar-refractivity contribution in [2.24, 2.45) is 0 Å². The zero-order valence-corrected chi connectivity index (χ0v) is 17.4. The van der Waals surface area contributed by atoms with E-state index < -0.39 is 5.60 Å². The highest BCUT2D eigenvalue weighted by atomic mass is 19.1. The van der Waals surface area contributed by atoms with Crippen molar-refractivity contribution in [1.29, 1.82) is 0 Å². The van der Waals surface area contributed by atoms with E-state index in [1.807, 2.05) is 12.2 Å². The maximum Gasteiger partial charge on any atom is 0.278 e. The molecule has 5 rings (SSSR count). The molecule has 32 heavy (non-hydrogen) atoms. The predicted molar refractivity (Wildman–Crippen MR) is 119 cm³/mol. The highest BCUT2D eigenvalue weighted by Gasteiger charge is 2.26. The molecule has 9 heteroatoms. The van der Waals surface area contributed by atoms with Crippen molar-refractivity contribution in [2.75, 3.05) is 5.32 Å². The molecule has 8 nitrogen and oxygen atoms in total. The van der Waals surface area contributed by atoms with Crippen molar-refractivity contribution in [3.8, 4) is 5.82 Å². The number of benzene rings is 1. The maximum atomic E-state index is 13.2. The van der Waals surface area contributed by atoms with Crippen LogP contribution in [-0.4, -0.2) is 29.4 Å². The van der Waals surface area contributed by atoms with Crippen LogP contribution in [0, 0.1) is 5.82 Å². The highest BCUT2D eigenvalue weighted by Crippen LogP contribution is 2.27. The number of aromatic nitrogens is 5. The molecule has 0 saturated carbocycles. The number of fused-ring (bicyclic) bond motifs is 6. The number of hydrogen-bond donors (Lipinski definition) is 2. The average molecular weight is 432 g/mol. The Morgan fingerprint density at radius 2 is 1.94 bits per heavy atom. The Balaban J connectivity index is 1.70. The van der Waals surface area contributed by atoms with Gasteiger partial charge in [-0.15, -0.1) is 0 Å². The summed E-state index contributed by atoms with van der Waals surface area (Å²) in [5, 5.41) is 14.3. The van der Waals surface area contributed by atoms with Crippen LogP contribution in [0.15, 0.2) is 65.6 Å². The number of allylic oxidation sites excluding steroid dienone is 2. The van der Waals surface area contributed by atoms with Crippen LogP contribution in [0.1, 0.15) is 25.5 Å². The summed E-state index contributed by atoms with van der Waals surface area (Å²) in [5.74, 6) is 0.389. The quantitative estimate of drug-likeness (QED) is 0.471. The molecular weight excluding hydrogens is 411 g/mol. The monoisotopic (exact) mass is 432 g/mol. The first-order valence-corrected chi connectivity index (χ1v) is 10.3. The van der Waals surface area contributed by atoms with Gasteiger partial charge in [-0.25, -0.2) is 23.7 Å². The molecule has 162 valence electrons. The van der Waals surface area contributed by atoms with Gasteiger partial charge in [-0.05, 0) is 56.2 Å².